The van der Waals surface area contributed by atoms with Gasteiger partial charge in [0.05, 0.1) is 5.92 Å². The molecule has 0 aliphatic carbocycles. The minimum atomic E-state index is -0.533. The Morgan fingerprint density at radius 3 is 2.29 bits per heavy atom. The van der Waals surface area contributed by atoms with Gasteiger partial charge in [0.15, 0.2) is 0 Å². The Labute approximate surface area is 206 Å². The van der Waals surface area contributed by atoms with E-state index in [0.29, 0.717) is 52.1 Å². The Hall–Kier alpha value is -3.17. The van der Waals surface area contributed by atoms with Crippen LogP contribution in [0, 0.1) is 5.92 Å². The van der Waals surface area contributed by atoms with E-state index in [-0.39, 0.29) is 35.7 Å². The quantitative estimate of drug-likeness (QED) is 0.651. The van der Waals surface area contributed by atoms with Crippen LogP contribution in [-0.4, -0.2) is 83.5 Å². The molecule has 0 aromatic carbocycles. The van der Waals surface area contributed by atoms with E-state index in [1.54, 1.807) is 11.1 Å². The van der Waals surface area contributed by atoms with E-state index >= 15 is 0 Å². The summed E-state index contributed by atoms with van der Waals surface area (Å²) >= 11 is 0. The number of piperidine rings is 2. The first-order chi connectivity index (χ1) is 16.6. The number of nitrogens with zero attached hydrogens (tertiary/aromatic N) is 4. The summed E-state index contributed by atoms with van der Waals surface area (Å²) in [7, 11) is 0. The minimum absolute atomic E-state index is 0.0438. The first-order valence-electron chi connectivity index (χ1n) is 12.4. The number of pyridine rings is 1. The topological polar surface area (TPSA) is 112 Å². The summed E-state index contributed by atoms with van der Waals surface area (Å²) in [6, 6.07) is 3.76. The molecule has 1 atom stereocenters. The van der Waals surface area contributed by atoms with E-state index in [9.17, 15) is 19.2 Å². The van der Waals surface area contributed by atoms with Gasteiger partial charge in [0.25, 0.3) is 0 Å². The van der Waals surface area contributed by atoms with Crippen molar-refractivity contribution in [3.63, 3.8) is 0 Å². The third kappa shape index (κ3) is 6.10. The van der Waals surface area contributed by atoms with Crippen LogP contribution < -0.4 is 10.2 Å². The second kappa shape index (κ2) is 10.2. The lowest BCUT2D eigenvalue weighted by Crippen LogP contribution is -2.53. The fourth-order valence-electron chi connectivity index (χ4n) is 4.89. The Balaban J connectivity index is 1.28. The number of imide groups is 1. The van der Waals surface area contributed by atoms with Crippen LogP contribution in [0.4, 0.5) is 10.6 Å². The summed E-state index contributed by atoms with van der Waals surface area (Å²) in [5.74, 6) is 0.0846. The van der Waals surface area contributed by atoms with Crippen LogP contribution in [-0.2, 0) is 19.1 Å². The Bertz CT molecular complexity index is 975. The summed E-state index contributed by atoms with van der Waals surface area (Å²) in [6.45, 7) is 8.96. The molecule has 1 aromatic heterocycles. The van der Waals surface area contributed by atoms with Crippen molar-refractivity contribution in [2.75, 3.05) is 44.2 Å². The lowest BCUT2D eigenvalue weighted by Gasteiger charge is -2.39. The van der Waals surface area contributed by atoms with Crippen LogP contribution in [0.3, 0.4) is 0 Å². The van der Waals surface area contributed by atoms with Crippen molar-refractivity contribution < 1.29 is 23.9 Å². The van der Waals surface area contributed by atoms with Crippen molar-refractivity contribution in [1.82, 2.24) is 20.1 Å². The van der Waals surface area contributed by atoms with Crippen molar-refractivity contribution in [2.24, 2.45) is 5.92 Å². The first-order valence-corrected chi connectivity index (χ1v) is 12.4. The lowest BCUT2D eigenvalue weighted by molar-refractivity contribution is -0.138. The summed E-state index contributed by atoms with van der Waals surface area (Å²) < 4.78 is 5.44. The summed E-state index contributed by atoms with van der Waals surface area (Å²) in [5, 5.41) is 2.41. The molecular weight excluding hydrogens is 450 g/mol. The number of carbonyl (C=O) groups is 4. The van der Waals surface area contributed by atoms with Gasteiger partial charge in [-0.1, -0.05) is 0 Å². The van der Waals surface area contributed by atoms with E-state index in [2.05, 4.69) is 15.2 Å². The number of piperazine rings is 1. The summed E-state index contributed by atoms with van der Waals surface area (Å²) in [6.07, 6.45) is 3.69. The number of carbonyl (C=O) groups excluding carboxylic acids is 4. The van der Waals surface area contributed by atoms with Crippen LogP contribution >= 0.6 is 0 Å². The highest BCUT2D eigenvalue weighted by Crippen LogP contribution is 2.29. The van der Waals surface area contributed by atoms with E-state index in [1.165, 1.54) is 0 Å². The van der Waals surface area contributed by atoms with Crippen LogP contribution in [0.2, 0.25) is 0 Å². The maximum Gasteiger partial charge on any atom is 0.410 e. The number of hydrogen-bond donors (Lipinski definition) is 1. The zero-order chi connectivity index (χ0) is 25.2. The average molecular weight is 486 g/mol. The number of anilines is 1. The molecule has 10 heteroatoms. The monoisotopic (exact) mass is 485 g/mol. The van der Waals surface area contributed by atoms with Gasteiger partial charge in [-0.2, -0.15) is 0 Å². The number of amides is 4. The number of aromatic nitrogens is 1. The zero-order valence-corrected chi connectivity index (χ0v) is 20.8. The molecule has 3 saturated heterocycles. The van der Waals surface area contributed by atoms with Crippen molar-refractivity contribution in [3.05, 3.63) is 23.9 Å². The van der Waals surface area contributed by atoms with Crippen molar-refractivity contribution in [1.29, 1.82) is 0 Å². The normalized spacial score (nSPS) is 22.1. The minimum Gasteiger partial charge on any atom is -0.444 e. The second-order valence-electron chi connectivity index (χ2n) is 10.5. The van der Waals surface area contributed by atoms with Crippen LogP contribution in [0.5, 0.6) is 0 Å². The molecule has 0 bridgehead atoms. The molecule has 4 heterocycles. The van der Waals surface area contributed by atoms with Gasteiger partial charge in [0, 0.05) is 57.8 Å². The number of hydrogen-bond acceptors (Lipinski definition) is 7. The molecular formula is C25H35N5O5. The summed E-state index contributed by atoms with van der Waals surface area (Å²) in [4.78, 5) is 59.3. The molecule has 35 heavy (non-hydrogen) atoms. The predicted octanol–water partition coefficient (Wildman–Crippen LogP) is 1.90. The van der Waals surface area contributed by atoms with Crippen molar-refractivity contribution in [3.8, 4) is 0 Å². The van der Waals surface area contributed by atoms with Gasteiger partial charge in [-0.25, -0.2) is 9.78 Å². The highest BCUT2D eigenvalue weighted by atomic mass is 16.6. The number of nitrogens with one attached hydrogen (secondary N) is 1. The fourth-order valence-corrected chi connectivity index (χ4v) is 4.89. The molecule has 3 aliphatic rings. The largest absolute Gasteiger partial charge is 0.444 e. The van der Waals surface area contributed by atoms with Gasteiger partial charge in [0.2, 0.25) is 17.7 Å². The maximum atomic E-state index is 13.1. The van der Waals surface area contributed by atoms with Gasteiger partial charge >= 0.3 is 6.09 Å². The molecule has 0 saturated carbocycles. The standard InChI is InChI=1S/C25H35N5O5/c1-25(2,3)35-24(34)30-14-12-29(13-15-30)23(33)17-7-10-28(11-8-17)20-16-18(6-9-26-20)19-4-5-21(31)27-22(19)32/h6,9,16-17,19H,4-5,7-8,10-15H2,1-3H3,(H,27,31,32)/t19-/m0/s1. The van der Waals surface area contributed by atoms with Crippen molar-refractivity contribution in [2.45, 2.75) is 58.0 Å². The first kappa shape index (κ1) is 24.9. The third-order valence-corrected chi connectivity index (χ3v) is 6.82. The van der Waals surface area contributed by atoms with Gasteiger partial charge in [0.1, 0.15) is 11.4 Å². The van der Waals surface area contributed by atoms with Gasteiger partial charge in [-0.3, -0.25) is 19.7 Å². The molecule has 3 aliphatic heterocycles. The predicted molar refractivity (Wildman–Crippen MR) is 129 cm³/mol. The van der Waals surface area contributed by atoms with Crippen LogP contribution in [0.25, 0.3) is 0 Å². The lowest BCUT2D eigenvalue weighted by atomic mass is 9.90. The van der Waals surface area contributed by atoms with E-state index < -0.39 is 5.60 Å². The number of ether oxygens (including phenoxy) is 1. The van der Waals surface area contributed by atoms with Gasteiger partial charge in [-0.05, 0) is 57.7 Å². The molecule has 1 aromatic rings. The molecule has 190 valence electrons. The highest BCUT2D eigenvalue weighted by Gasteiger charge is 2.33. The molecule has 10 nitrogen and oxygen atoms in total. The molecule has 0 spiro atoms. The molecule has 0 unspecified atom stereocenters. The Morgan fingerprint density at radius 2 is 1.66 bits per heavy atom. The highest BCUT2D eigenvalue weighted by molar-refractivity contribution is 6.01. The molecule has 0 radical (unpaired) electrons. The average Bonchev–Trinajstić information content (AvgIpc) is 2.83. The Morgan fingerprint density at radius 1 is 1.00 bits per heavy atom. The molecule has 3 fully saturated rings. The Kier molecular flexibility index (Phi) is 7.28. The second-order valence-corrected chi connectivity index (χ2v) is 10.5. The smallest absolute Gasteiger partial charge is 0.410 e. The zero-order valence-electron chi connectivity index (χ0n) is 20.8. The molecule has 1 N–H and O–H groups in total. The van der Waals surface area contributed by atoms with Gasteiger partial charge < -0.3 is 19.4 Å². The maximum absolute atomic E-state index is 13.1. The third-order valence-electron chi connectivity index (χ3n) is 6.82. The summed E-state index contributed by atoms with van der Waals surface area (Å²) in [5.41, 5.74) is 0.329. The van der Waals surface area contributed by atoms with Crippen LogP contribution in [0.1, 0.15) is 57.9 Å². The van der Waals surface area contributed by atoms with E-state index in [1.807, 2.05) is 37.8 Å². The van der Waals surface area contributed by atoms with E-state index in [0.717, 1.165) is 24.2 Å². The van der Waals surface area contributed by atoms with Crippen LogP contribution in [0.15, 0.2) is 18.3 Å². The molecule has 4 amide bonds. The van der Waals surface area contributed by atoms with Crippen molar-refractivity contribution >= 4 is 29.6 Å². The molecule has 4 rings (SSSR count). The SMILES string of the molecule is CC(C)(C)OC(=O)N1CCN(C(=O)C2CCN(c3cc([C@@H]4CCC(=O)NC4=O)ccn3)CC2)CC1. The number of rotatable bonds is 3. The fraction of sp³-hybridized carbons (Fsp3) is 0.640. The van der Waals surface area contributed by atoms with E-state index in [4.69, 9.17) is 4.74 Å². The van der Waals surface area contributed by atoms with Gasteiger partial charge in [-0.15, -0.1) is 0 Å².